The normalized spacial score (nSPS) is 12.0. The fourth-order valence-corrected chi connectivity index (χ4v) is 2.93. The van der Waals surface area contributed by atoms with Crippen molar-refractivity contribution in [3.63, 3.8) is 0 Å². The Morgan fingerprint density at radius 1 is 0.688 bits per heavy atom. The van der Waals surface area contributed by atoms with Gasteiger partial charge in [0, 0.05) is 23.3 Å². The van der Waals surface area contributed by atoms with E-state index in [1.54, 1.807) is 18.2 Å². The molecule has 162 valence electrons. The van der Waals surface area contributed by atoms with E-state index < -0.39 is 57.4 Å². The Kier molecular flexibility index (Phi) is 5.83. The summed E-state index contributed by atoms with van der Waals surface area (Å²) in [7, 11) is 0. The molecule has 0 fully saturated rings. The number of benzene rings is 3. The molecule has 0 aromatic heterocycles. The van der Waals surface area contributed by atoms with Gasteiger partial charge in [0.15, 0.2) is 17.2 Å². The van der Waals surface area contributed by atoms with Gasteiger partial charge in [-0.15, -0.1) is 0 Å². The zero-order valence-electron chi connectivity index (χ0n) is 16.2. The van der Waals surface area contributed by atoms with E-state index in [2.05, 4.69) is 0 Å². The smallest absolute Gasteiger partial charge is 0.233 e. The van der Waals surface area contributed by atoms with Gasteiger partial charge >= 0.3 is 0 Å². The Labute approximate surface area is 180 Å². The Hall–Kier alpha value is -4.79. The molecule has 0 saturated carbocycles. The predicted octanol–water partition coefficient (Wildman–Crippen LogP) is 2.62. The van der Waals surface area contributed by atoms with Gasteiger partial charge in [0.2, 0.25) is 17.3 Å². The van der Waals surface area contributed by atoms with Gasteiger partial charge in [0.1, 0.15) is 22.8 Å². The SMILES string of the molecule is O=C(c1cc(O)c(O)c(O)c1)c1c(O)cc(O)cc1O.O=C1C=Cc2ccccc2C1=O. The lowest BCUT2D eigenvalue weighted by atomic mass is 9.96. The predicted molar refractivity (Wildman–Crippen MR) is 111 cm³/mol. The van der Waals surface area contributed by atoms with Crippen molar-refractivity contribution >= 4 is 23.4 Å². The van der Waals surface area contributed by atoms with Crippen molar-refractivity contribution in [2.75, 3.05) is 0 Å². The van der Waals surface area contributed by atoms with E-state index in [9.17, 15) is 39.9 Å². The topological polar surface area (TPSA) is 173 Å². The molecule has 0 amide bonds. The van der Waals surface area contributed by atoms with Gasteiger partial charge in [0.05, 0.1) is 0 Å². The summed E-state index contributed by atoms with van der Waals surface area (Å²) in [5, 5.41) is 56.2. The molecule has 32 heavy (non-hydrogen) atoms. The van der Waals surface area contributed by atoms with Crippen LogP contribution in [-0.2, 0) is 4.79 Å². The second-order valence-electron chi connectivity index (χ2n) is 6.67. The van der Waals surface area contributed by atoms with Crippen LogP contribution in [0.1, 0.15) is 31.8 Å². The van der Waals surface area contributed by atoms with Crippen molar-refractivity contribution in [2.45, 2.75) is 0 Å². The van der Waals surface area contributed by atoms with Gasteiger partial charge < -0.3 is 30.6 Å². The standard InChI is InChI=1S/C13H10O7.C10H6O2/c14-6-3-7(15)11(8(16)4-6)12(19)5-1-9(17)13(20)10(18)2-5;11-9-6-5-7-3-1-2-4-8(7)10(9)12/h1-4,14-18,20H;1-6H. The lowest BCUT2D eigenvalue weighted by Gasteiger charge is -2.09. The Morgan fingerprint density at radius 3 is 1.84 bits per heavy atom. The van der Waals surface area contributed by atoms with Crippen molar-refractivity contribution in [1.82, 2.24) is 0 Å². The molecule has 1 aliphatic rings. The lowest BCUT2D eigenvalue weighted by molar-refractivity contribution is -0.110. The second kappa shape index (κ2) is 8.52. The number of Topliss-reactive ketones (excluding diaryl/α,β-unsaturated/α-hetero) is 1. The van der Waals surface area contributed by atoms with Crippen LogP contribution in [0.2, 0.25) is 0 Å². The maximum absolute atomic E-state index is 12.1. The van der Waals surface area contributed by atoms with Crippen molar-refractivity contribution in [1.29, 1.82) is 0 Å². The molecule has 9 heteroatoms. The molecule has 0 aliphatic heterocycles. The first-order valence-corrected chi connectivity index (χ1v) is 9.00. The molecule has 1 aliphatic carbocycles. The van der Waals surface area contributed by atoms with Crippen LogP contribution < -0.4 is 0 Å². The number of carbonyl (C=O) groups is 3. The number of fused-ring (bicyclic) bond motifs is 1. The van der Waals surface area contributed by atoms with Crippen LogP contribution in [0.5, 0.6) is 34.5 Å². The minimum absolute atomic E-state index is 0.269. The van der Waals surface area contributed by atoms with Crippen molar-refractivity contribution < 1.29 is 45.0 Å². The molecule has 0 heterocycles. The fourth-order valence-electron chi connectivity index (χ4n) is 2.93. The first-order valence-electron chi connectivity index (χ1n) is 9.00. The highest BCUT2D eigenvalue weighted by atomic mass is 16.3. The van der Waals surface area contributed by atoms with Gasteiger partial charge in [-0.1, -0.05) is 30.3 Å². The summed E-state index contributed by atoms with van der Waals surface area (Å²) in [5.41, 5.74) is 0.550. The average Bonchev–Trinajstić information content (AvgIpc) is 2.74. The molecule has 6 N–H and O–H groups in total. The second-order valence-corrected chi connectivity index (χ2v) is 6.67. The van der Waals surface area contributed by atoms with Crippen LogP contribution >= 0.6 is 0 Å². The Bertz CT molecular complexity index is 1240. The van der Waals surface area contributed by atoms with E-state index in [0.717, 1.165) is 29.8 Å². The number of allylic oxidation sites excluding steroid dienone is 1. The van der Waals surface area contributed by atoms with Crippen LogP contribution in [0.25, 0.3) is 6.08 Å². The highest BCUT2D eigenvalue weighted by molar-refractivity contribution is 6.49. The zero-order chi connectivity index (χ0) is 23.6. The van der Waals surface area contributed by atoms with Crippen LogP contribution in [0.4, 0.5) is 0 Å². The third-order valence-corrected chi connectivity index (χ3v) is 4.48. The molecule has 0 spiro atoms. The van der Waals surface area contributed by atoms with E-state index in [4.69, 9.17) is 5.11 Å². The van der Waals surface area contributed by atoms with Crippen LogP contribution in [0.3, 0.4) is 0 Å². The van der Waals surface area contributed by atoms with Gasteiger partial charge in [0.25, 0.3) is 0 Å². The van der Waals surface area contributed by atoms with Gasteiger partial charge in [-0.2, -0.15) is 0 Å². The number of carbonyl (C=O) groups excluding carboxylic acids is 3. The minimum atomic E-state index is -0.911. The number of ketones is 3. The summed E-state index contributed by atoms with van der Waals surface area (Å²) in [6.07, 6.45) is 2.98. The number of aromatic hydroxyl groups is 6. The summed E-state index contributed by atoms with van der Waals surface area (Å²) in [6.45, 7) is 0. The minimum Gasteiger partial charge on any atom is -0.508 e. The summed E-state index contributed by atoms with van der Waals surface area (Å²) >= 11 is 0. The van der Waals surface area contributed by atoms with E-state index in [1.807, 2.05) is 12.1 Å². The molecule has 3 aromatic carbocycles. The average molecular weight is 436 g/mol. The highest BCUT2D eigenvalue weighted by Gasteiger charge is 2.22. The van der Waals surface area contributed by atoms with E-state index >= 15 is 0 Å². The zero-order valence-corrected chi connectivity index (χ0v) is 16.2. The van der Waals surface area contributed by atoms with Crippen molar-refractivity contribution in [2.24, 2.45) is 0 Å². The molecule has 0 saturated heterocycles. The molecule has 3 aromatic rings. The molecule has 4 rings (SSSR count). The molecular weight excluding hydrogens is 420 g/mol. The number of rotatable bonds is 2. The van der Waals surface area contributed by atoms with Gasteiger partial charge in [-0.25, -0.2) is 0 Å². The number of phenolic OH excluding ortho intramolecular Hbond substituents is 6. The largest absolute Gasteiger partial charge is 0.508 e. The number of hydrogen-bond donors (Lipinski definition) is 6. The summed E-state index contributed by atoms with van der Waals surface area (Å²) in [4.78, 5) is 34.2. The van der Waals surface area contributed by atoms with E-state index in [0.29, 0.717) is 5.56 Å². The monoisotopic (exact) mass is 436 g/mol. The molecular formula is C23H16O9. The quantitative estimate of drug-likeness (QED) is 0.200. The van der Waals surface area contributed by atoms with Crippen LogP contribution in [0, 0.1) is 0 Å². The number of hydrogen-bond acceptors (Lipinski definition) is 9. The van der Waals surface area contributed by atoms with Crippen molar-refractivity contribution in [3.05, 3.63) is 76.9 Å². The molecule has 9 nitrogen and oxygen atoms in total. The van der Waals surface area contributed by atoms with Crippen LogP contribution in [-0.4, -0.2) is 48.0 Å². The highest BCUT2D eigenvalue weighted by Crippen LogP contribution is 2.38. The summed E-state index contributed by atoms with van der Waals surface area (Å²) < 4.78 is 0. The first-order chi connectivity index (χ1) is 15.1. The molecule has 0 radical (unpaired) electrons. The van der Waals surface area contributed by atoms with E-state index in [1.165, 1.54) is 6.08 Å². The van der Waals surface area contributed by atoms with Crippen LogP contribution in [0.15, 0.2) is 54.6 Å². The Morgan fingerprint density at radius 2 is 1.25 bits per heavy atom. The van der Waals surface area contributed by atoms with Gasteiger partial charge in [-0.3, -0.25) is 14.4 Å². The maximum Gasteiger partial charge on any atom is 0.233 e. The third-order valence-electron chi connectivity index (χ3n) is 4.48. The third kappa shape index (κ3) is 4.21. The van der Waals surface area contributed by atoms with E-state index in [-0.39, 0.29) is 5.56 Å². The van der Waals surface area contributed by atoms with Crippen molar-refractivity contribution in [3.8, 4) is 34.5 Å². The Balaban J connectivity index is 0.000000204. The lowest BCUT2D eigenvalue weighted by Crippen LogP contribution is -2.15. The summed E-state index contributed by atoms with van der Waals surface area (Å²) in [6, 6.07) is 10.5. The maximum atomic E-state index is 12.1. The number of phenols is 6. The molecule has 0 unspecified atom stereocenters. The first kappa shape index (κ1) is 21.9. The molecule has 0 atom stereocenters. The molecule has 0 bridgehead atoms. The van der Waals surface area contributed by atoms with Gasteiger partial charge in [-0.05, 0) is 23.8 Å². The summed E-state index contributed by atoms with van der Waals surface area (Å²) in [5.74, 6) is -5.78. The fraction of sp³-hybridized carbons (Fsp3) is 0.